The van der Waals surface area contributed by atoms with Crippen LogP contribution in [0.25, 0.3) is 16.7 Å². The van der Waals surface area contributed by atoms with Gasteiger partial charge < -0.3 is 0 Å². The zero-order chi connectivity index (χ0) is 13.0. The average Bonchev–Trinajstić information content (AvgIpc) is 2.77. The highest BCUT2D eigenvalue weighted by atomic mass is 35.5. The third kappa shape index (κ3) is 2.79. The van der Waals surface area contributed by atoms with Crippen LogP contribution in [-0.4, -0.2) is 15.0 Å². The largest absolute Gasteiger partial charge is 0.151 e. The summed E-state index contributed by atoms with van der Waals surface area (Å²) >= 11 is 5.95. The van der Waals surface area contributed by atoms with Gasteiger partial charge >= 0.3 is 0 Å². The molecule has 0 atom stereocenters. The second-order valence-electron chi connectivity index (χ2n) is 3.97. The zero-order valence-electron chi connectivity index (χ0n) is 10.6. The van der Waals surface area contributed by atoms with Crippen LogP contribution in [0.15, 0.2) is 36.4 Å². The van der Waals surface area contributed by atoms with Gasteiger partial charge in [0.1, 0.15) is 11.0 Å². The van der Waals surface area contributed by atoms with Gasteiger partial charge in [-0.2, -0.15) is 4.80 Å². The summed E-state index contributed by atoms with van der Waals surface area (Å²) < 4.78 is 0. The number of halogens is 1. The highest BCUT2D eigenvalue weighted by molar-refractivity contribution is 6.31. The van der Waals surface area contributed by atoms with Gasteiger partial charge in [0, 0.05) is 5.02 Å². The van der Waals surface area contributed by atoms with E-state index < -0.39 is 0 Å². The molecule has 1 heterocycles. The predicted molar refractivity (Wildman–Crippen MR) is 76.5 cm³/mol. The van der Waals surface area contributed by atoms with Crippen molar-refractivity contribution < 1.29 is 0 Å². The molecule has 0 aliphatic carbocycles. The summed E-state index contributed by atoms with van der Waals surface area (Å²) in [5.41, 5.74) is 2.66. The van der Waals surface area contributed by atoms with Crippen molar-refractivity contribution in [1.82, 2.24) is 15.0 Å². The zero-order valence-corrected chi connectivity index (χ0v) is 11.4. The van der Waals surface area contributed by atoms with Crippen LogP contribution in [0.3, 0.4) is 0 Å². The van der Waals surface area contributed by atoms with Gasteiger partial charge in [-0.25, -0.2) is 0 Å². The van der Waals surface area contributed by atoms with Gasteiger partial charge in [0.05, 0.1) is 5.70 Å². The number of rotatable bonds is 4. The van der Waals surface area contributed by atoms with Crippen LogP contribution in [0, 0.1) is 0 Å². The molecule has 0 radical (unpaired) electrons. The highest BCUT2D eigenvalue weighted by Crippen LogP contribution is 2.17. The number of nitrogens with zero attached hydrogens (tertiary/aromatic N) is 3. The maximum atomic E-state index is 5.95. The minimum absolute atomic E-state index is 0.680. The second kappa shape index (κ2) is 5.83. The minimum atomic E-state index is 0.680. The normalized spacial score (nSPS) is 12.7. The van der Waals surface area contributed by atoms with E-state index in [2.05, 4.69) is 36.2 Å². The number of allylic oxidation sites excluding steroid dienone is 4. The van der Waals surface area contributed by atoms with Crippen LogP contribution < -0.4 is 0 Å². The lowest BCUT2D eigenvalue weighted by Crippen LogP contribution is -1.99. The Morgan fingerprint density at radius 1 is 1.22 bits per heavy atom. The summed E-state index contributed by atoms with van der Waals surface area (Å²) in [5, 5.41) is 9.58. The molecule has 0 aliphatic rings. The molecule has 94 valence electrons. The average molecular weight is 262 g/mol. The van der Waals surface area contributed by atoms with Crippen LogP contribution in [0.4, 0.5) is 0 Å². The van der Waals surface area contributed by atoms with E-state index in [4.69, 9.17) is 11.6 Å². The number of aromatic nitrogens is 3. The van der Waals surface area contributed by atoms with Crippen molar-refractivity contribution in [1.29, 1.82) is 0 Å². The molecule has 0 unspecified atom stereocenters. The lowest BCUT2D eigenvalue weighted by Gasteiger charge is -1.99. The Hall–Kier alpha value is -1.61. The second-order valence-corrected chi connectivity index (χ2v) is 4.41. The van der Waals surface area contributed by atoms with Crippen LogP contribution in [0.2, 0.25) is 5.02 Å². The molecule has 0 N–H and O–H groups in total. The van der Waals surface area contributed by atoms with E-state index in [-0.39, 0.29) is 0 Å². The fourth-order valence-electron chi connectivity index (χ4n) is 1.67. The van der Waals surface area contributed by atoms with Crippen LogP contribution in [-0.2, 0) is 0 Å². The Kier molecular flexibility index (Phi) is 4.15. The summed E-state index contributed by atoms with van der Waals surface area (Å²) in [6, 6.07) is 5.54. The third-order valence-electron chi connectivity index (χ3n) is 2.51. The van der Waals surface area contributed by atoms with E-state index in [0.717, 1.165) is 29.6 Å². The van der Waals surface area contributed by atoms with Crippen LogP contribution in [0.5, 0.6) is 0 Å². The minimum Gasteiger partial charge on any atom is -0.151 e. The number of hydrogen-bond donors (Lipinski definition) is 0. The van der Waals surface area contributed by atoms with Gasteiger partial charge in [-0.3, -0.25) is 0 Å². The van der Waals surface area contributed by atoms with Gasteiger partial charge in [-0.05, 0) is 37.1 Å². The van der Waals surface area contributed by atoms with Crippen molar-refractivity contribution in [2.75, 3.05) is 0 Å². The van der Waals surface area contributed by atoms with Gasteiger partial charge in [-0.15, -0.1) is 10.2 Å². The fourth-order valence-corrected chi connectivity index (χ4v) is 1.83. The molecule has 0 aliphatic heterocycles. The molecule has 0 bridgehead atoms. The van der Waals surface area contributed by atoms with E-state index in [1.54, 1.807) is 4.80 Å². The summed E-state index contributed by atoms with van der Waals surface area (Å²) in [4.78, 5) is 1.66. The van der Waals surface area contributed by atoms with Crippen LogP contribution in [0.1, 0.15) is 26.7 Å². The molecule has 2 aromatic rings. The molecule has 2 rings (SSSR count). The SMILES string of the molecule is CC/C=C\C(=C/CC)n1nc2ccc(Cl)cc2n1. The van der Waals surface area contributed by atoms with E-state index in [1.165, 1.54) is 0 Å². The monoisotopic (exact) mass is 261 g/mol. The van der Waals surface area contributed by atoms with Gasteiger partial charge in [0.2, 0.25) is 0 Å². The van der Waals surface area contributed by atoms with Gasteiger partial charge in [0.25, 0.3) is 0 Å². The summed E-state index contributed by atoms with van der Waals surface area (Å²) in [7, 11) is 0. The third-order valence-corrected chi connectivity index (χ3v) is 2.75. The molecule has 0 saturated heterocycles. The smallest absolute Gasteiger partial charge is 0.115 e. The van der Waals surface area contributed by atoms with E-state index >= 15 is 0 Å². The van der Waals surface area contributed by atoms with Crippen molar-refractivity contribution in [2.24, 2.45) is 0 Å². The molecule has 18 heavy (non-hydrogen) atoms. The maximum Gasteiger partial charge on any atom is 0.115 e. The molecule has 0 saturated carbocycles. The summed E-state index contributed by atoms with van der Waals surface area (Å²) in [5.74, 6) is 0. The first-order chi connectivity index (χ1) is 8.74. The number of hydrogen-bond acceptors (Lipinski definition) is 2. The van der Waals surface area contributed by atoms with Crippen molar-refractivity contribution in [3.05, 3.63) is 41.4 Å². The van der Waals surface area contributed by atoms with Crippen molar-refractivity contribution in [2.45, 2.75) is 26.7 Å². The Labute approximate surface area is 112 Å². The molecular formula is C14H16ClN3. The molecule has 1 aromatic heterocycles. The Bertz CT molecular complexity index is 596. The number of fused-ring (bicyclic) bond motifs is 1. The molecule has 3 nitrogen and oxygen atoms in total. The first kappa shape index (κ1) is 12.8. The van der Waals surface area contributed by atoms with Gasteiger partial charge in [-0.1, -0.05) is 37.6 Å². The Morgan fingerprint density at radius 3 is 2.72 bits per heavy atom. The maximum absolute atomic E-state index is 5.95. The highest BCUT2D eigenvalue weighted by Gasteiger charge is 2.05. The fraction of sp³-hybridized carbons (Fsp3) is 0.286. The molecule has 0 spiro atoms. The standard InChI is InChI=1S/C14H16ClN3/c1-3-5-7-12(6-4-2)18-16-13-9-8-11(15)10-14(13)17-18/h5-10H,3-4H2,1-2H3/b7-5-,12-6+. The Balaban J connectivity index is 2.45. The number of benzene rings is 1. The first-order valence-electron chi connectivity index (χ1n) is 6.14. The first-order valence-corrected chi connectivity index (χ1v) is 6.52. The summed E-state index contributed by atoms with van der Waals surface area (Å²) in [6.45, 7) is 4.20. The van der Waals surface area contributed by atoms with Crippen molar-refractivity contribution in [3.63, 3.8) is 0 Å². The van der Waals surface area contributed by atoms with E-state index in [1.807, 2.05) is 24.3 Å². The van der Waals surface area contributed by atoms with Crippen molar-refractivity contribution >= 4 is 28.3 Å². The van der Waals surface area contributed by atoms with Crippen molar-refractivity contribution in [3.8, 4) is 0 Å². The molecule has 0 fully saturated rings. The lowest BCUT2D eigenvalue weighted by molar-refractivity contribution is 0.787. The topological polar surface area (TPSA) is 30.7 Å². The molecule has 0 amide bonds. The predicted octanol–water partition coefficient (Wildman–Crippen LogP) is 4.30. The summed E-state index contributed by atoms with van der Waals surface area (Å²) in [6.07, 6.45) is 8.19. The van der Waals surface area contributed by atoms with E-state index in [9.17, 15) is 0 Å². The van der Waals surface area contributed by atoms with E-state index in [0.29, 0.717) is 5.02 Å². The quantitative estimate of drug-likeness (QED) is 0.768. The molecule has 1 aromatic carbocycles. The Morgan fingerprint density at radius 2 is 2.00 bits per heavy atom. The molecule has 4 heteroatoms. The van der Waals surface area contributed by atoms with Crippen LogP contribution >= 0.6 is 11.6 Å². The molecular weight excluding hydrogens is 246 g/mol. The lowest BCUT2D eigenvalue weighted by atomic mass is 10.3. The van der Waals surface area contributed by atoms with Gasteiger partial charge in [0.15, 0.2) is 0 Å².